The predicted octanol–water partition coefficient (Wildman–Crippen LogP) is 0.156. The van der Waals surface area contributed by atoms with Gasteiger partial charge in [0.05, 0.1) is 24.7 Å². The standard InChI is InChI=1S/C12H10FN3O2/c13-10-2-1-8(4-14)3-9(10)5-16-6-11(17)15-12(18)7-16/h1-3H,5-7H2,(H,15,17,18). The largest absolute Gasteiger partial charge is 0.294 e. The maximum atomic E-state index is 13.5. The molecule has 0 atom stereocenters. The molecule has 0 bridgehead atoms. The Hall–Kier alpha value is -2.26. The van der Waals surface area contributed by atoms with Crippen LogP contribution in [0.1, 0.15) is 11.1 Å². The van der Waals surface area contributed by atoms with Crippen LogP contribution in [0.2, 0.25) is 0 Å². The van der Waals surface area contributed by atoms with Gasteiger partial charge in [0.2, 0.25) is 11.8 Å². The summed E-state index contributed by atoms with van der Waals surface area (Å²) < 4.78 is 13.5. The molecule has 0 unspecified atom stereocenters. The van der Waals surface area contributed by atoms with Crippen LogP contribution in [0, 0.1) is 17.1 Å². The summed E-state index contributed by atoms with van der Waals surface area (Å²) in [7, 11) is 0. The lowest BCUT2D eigenvalue weighted by atomic mass is 10.1. The topological polar surface area (TPSA) is 73.2 Å². The van der Waals surface area contributed by atoms with E-state index in [1.54, 1.807) is 0 Å². The minimum atomic E-state index is -0.451. The number of nitrogens with one attached hydrogen (secondary N) is 1. The van der Waals surface area contributed by atoms with Crippen LogP contribution >= 0.6 is 0 Å². The Morgan fingerprint density at radius 1 is 1.33 bits per heavy atom. The predicted molar refractivity (Wildman–Crippen MR) is 59.5 cm³/mol. The van der Waals surface area contributed by atoms with Crippen LogP contribution in [0.4, 0.5) is 4.39 Å². The molecule has 0 saturated carbocycles. The van der Waals surface area contributed by atoms with Crippen LogP contribution in [0.25, 0.3) is 0 Å². The Morgan fingerprint density at radius 2 is 2.00 bits per heavy atom. The van der Waals surface area contributed by atoms with Gasteiger partial charge in [0, 0.05) is 12.1 Å². The molecule has 1 fully saturated rings. The number of nitriles is 1. The summed E-state index contributed by atoms with van der Waals surface area (Å²) in [5, 5.41) is 10.9. The molecule has 0 aliphatic carbocycles. The second-order valence-corrected chi connectivity index (χ2v) is 4.03. The fourth-order valence-corrected chi connectivity index (χ4v) is 1.81. The maximum Gasteiger partial charge on any atom is 0.240 e. The summed E-state index contributed by atoms with van der Waals surface area (Å²) in [6.07, 6.45) is 0. The quantitative estimate of drug-likeness (QED) is 0.755. The zero-order valence-corrected chi connectivity index (χ0v) is 9.44. The van der Waals surface area contributed by atoms with Crippen molar-refractivity contribution in [3.63, 3.8) is 0 Å². The maximum absolute atomic E-state index is 13.5. The normalized spacial score (nSPS) is 16.2. The highest BCUT2D eigenvalue weighted by Gasteiger charge is 2.23. The van der Waals surface area contributed by atoms with Gasteiger partial charge in [-0.1, -0.05) is 0 Å². The number of rotatable bonds is 2. The first kappa shape index (κ1) is 12.2. The van der Waals surface area contributed by atoms with Gasteiger partial charge in [-0.25, -0.2) is 4.39 Å². The molecule has 0 spiro atoms. The molecule has 1 heterocycles. The fraction of sp³-hybridized carbons (Fsp3) is 0.250. The Morgan fingerprint density at radius 3 is 2.61 bits per heavy atom. The first-order valence-electron chi connectivity index (χ1n) is 5.32. The SMILES string of the molecule is N#Cc1ccc(F)c(CN2CC(=O)NC(=O)C2)c1. The second-order valence-electron chi connectivity index (χ2n) is 4.03. The third-order valence-corrected chi connectivity index (χ3v) is 2.58. The molecule has 18 heavy (non-hydrogen) atoms. The number of nitrogens with zero attached hydrogens (tertiary/aromatic N) is 2. The molecule has 1 aromatic rings. The van der Waals surface area contributed by atoms with E-state index in [2.05, 4.69) is 5.32 Å². The number of imide groups is 1. The molecule has 92 valence electrons. The van der Waals surface area contributed by atoms with E-state index in [1.165, 1.54) is 23.1 Å². The summed E-state index contributed by atoms with van der Waals surface area (Å²) in [5.41, 5.74) is 0.649. The highest BCUT2D eigenvalue weighted by atomic mass is 19.1. The Balaban J connectivity index is 2.16. The van der Waals surface area contributed by atoms with Crippen LogP contribution in [-0.4, -0.2) is 29.8 Å². The summed E-state index contributed by atoms with van der Waals surface area (Å²) in [5.74, 6) is -1.25. The van der Waals surface area contributed by atoms with Crippen molar-refractivity contribution in [2.24, 2.45) is 0 Å². The number of amides is 2. The summed E-state index contributed by atoms with van der Waals surface area (Å²) >= 11 is 0. The zero-order valence-electron chi connectivity index (χ0n) is 9.44. The van der Waals surface area contributed by atoms with Crippen molar-refractivity contribution in [3.05, 3.63) is 35.1 Å². The minimum Gasteiger partial charge on any atom is -0.294 e. The van der Waals surface area contributed by atoms with E-state index in [0.29, 0.717) is 11.1 Å². The Kier molecular flexibility index (Phi) is 3.35. The van der Waals surface area contributed by atoms with Crippen molar-refractivity contribution in [3.8, 4) is 6.07 Å². The molecule has 6 heteroatoms. The molecule has 1 N–H and O–H groups in total. The molecular weight excluding hydrogens is 237 g/mol. The molecule has 5 nitrogen and oxygen atoms in total. The van der Waals surface area contributed by atoms with Gasteiger partial charge in [0.1, 0.15) is 5.82 Å². The fourth-order valence-electron chi connectivity index (χ4n) is 1.81. The average molecular weight is 247 g/mol. The highest BCUT2D eigenvalue weighted by molar-refractivity contribution is 5.99. The second kappa shape index (κ2) is 4.94. The lowest BCUT2D eigenvalue weighted by molar-refractivity contribution is -0.136. The molecular formula is C12H10FN3O2. The summed E-state index contributed by atoms with van der Waals surface area (Å²) in [4.78, 5) is 23.9. The van der Waals surface area contributed by atoms with E-state index in [0.717, 1.165) is 0 Å². The van der Waals surface area contributed by atoms with E-state index >= 15 is 0 Å². The van der Waals surface area contributed by atoms with Crippen LogP contribution in [0.3, 0.4) is 0 Å². The van der Waals surface area contributed by atoms with Crippen molar-refractivity contribution >= 4 is 11.8 Å². The third kappa shape index (κ3) is 2.70. The number of carbonyl (C=O) groups is 2. The Labute approximate surface area is 103 Å². The van der Waals surface area contributed by atoms with E-state index < -0.39 is 17.6 Å². The number of halogens is 1. The van der Waals surface area contributed by atoms with Crippen molar-refractivity contribution < 1.29 is 14.0 Å². The van der Waals surface area contributed by atoms with Crippen LogP contribution in [0.5, 0.6) is 0 Å². The Bertz CT molecular complexity index is 535. The van der Waals surface area contributed by atoms with Gasteiger partial charge >= 0.3 is 0 Å². The lowest BCUT2D eigenvalue weighted by Gasteiger charge is -2.25. The molecule has 0 aromatic heterocycles. The zero-order chi connectivity index (χ0) is 13.1. The number of piperazine rings is 1. The van der Waals surface area contributed by atoms with Gasteiger partial charge in [-0.05, 0) is 18.2 Å². The minimum absolute atomic E-state index is 0.0436. The van der Waals surface area contributed by atoms with E-state index in [9.17, 15) is 14.0 Å². The molecule has 1 aromatic carbocycles. The van der Waals surface area contributed by atoms with Crippen molar-refractivity contribution in [1.29, 1.82) is 5.26 Å². The average Bonchev–Trinajstić information content (AvgIpc) is 2.30. The van der Waals surface area contributed by atoms with E-state index in [1.807, 2.05) is 6.07 Å². The highest BCUT2D eigenvalue weighted by Crippen LogP contribution is 2.13. The van der Waals surface area contributed by atoms with Crippen molar-refractivity contribution in [1.82, 2.24) is 10.2 Å². The van der Waals surface area contributed by atoms with Gasteiger partial charge in [0.15, 0.2) is 0 Å². The van der Waals surface area contributed by atoms with Gasteiger partial charge in [-0.3, -0.25) is 19.8 Å². The van der Waals surface area contributed by atoms with Gasteiger partial charge < -0.3 is 0 Å². The van der Waals surface area contributed by atoms with Gasteiger partial charge in [-0.2, -0.15) is 5.26 Å². The molecule has 1 saturated heterocycles. The van der Waals surface area contributed by atoms with Crippen LogP contribution < -0.4 is 5.32 Å². The smallest absolute Gasteiger partial charge is 0.240 e. The number of hydrogen-bond acceptors (Lipinski definition) is 4. The molecule has 2 amide bonds. The monoisotopic (exact) mass is 247 g/mol. The van der Waals surface area contributed by atoms with E-state index in [4.69, 9.17) is 5.26 Å². The molecule has 0 radical (unpaired) electrons. The van der Waals surface area contributed by atoms with Crippen molar-refractivity contribution in [2.75, 3.05) is 13.1 Å². The first-order chi connectivity index (χ1) is 8.58. The molecule has 2 rings (SSSR count). The van der Waals surface area contributed by atoms with Crippen LogP contribution in [-0.2, 0) is 16.1 Å². The molecule has 1 aliphatic heterocycles. The van der Waals surface area contributed by atoms with Crippen molar-refractivity contribution in [2.45, 2.75) is 6.54 Å². The number of benzene rings is 1. The van der Waals surface area contributed by atoms with E-state index in [-0.39, 0.29) is 19.6 Å². The van der Waals surface area contributed by atoms with Crippen LogP contribution in [0.15, 0.2) is 18.2 Å². The van der Waals surface area contributed by atoms with Gasteiger partial charge in [0.25, 0.3) is 0 Å². The third-order valence-electron chi connectivity index (χ3n) is 2.58. The molecule has 1 aliphatic rings. The number of carbonyl (C=O) groups excluding carboxylic acids is 2. The number of hydrogen-bond donors (Lipinski definition) is 1. The summed E-state index contributed by atoms with van der Waals surface area (Å²) in [6, 6.07) is 5.93. The lowest BCUT2D eigenvalue weighted by Crippen LogP contribution is -2.50. The van der Waals surface area contributed by atoms with Gasteiger partial charge in [-0.15, -0.1) is 0 Å². The summed E-state index contributed by atoms with van der Waals surface area (Å²) in [6.45, 7) is 0.213. The first-order valence-corrected chi connectivity index (χ1v) is 5.32.